The maximum Gasteiger partial charge on any atom is 0.0824 e. The molecule has 0 spiro atoms. The largest absolute Gasteiger partial charge is 0.326 e. The fraction of sp³-hybridized carbons (Fsp3) is 0.857. The number of nitrogens with zero attached hydrogens (tertiary/aromatic N) is 1. The fourth-order valence-electron chi connectivity index (χ4n) is 4.38. The molecule has 15 heavy (non-hydrogen) atoms. The average Bonchev–Trinajstić information content (AvgIpc) is 2.84. The molecule has 1 saturated heterocycles. The topological polar surface area (TPSA) is 0 Å². The van der Waals surface area contributed by atoms with Crippen molar-refractivity contribution in [1.29, 1.82) is 0 Å². The molecular formula is C14H24N+. The summed E-state index contributed by atoms with van der Waals surface area (Å²) in [4.78, 5) is 0. The summed E-state index contributed by atoms with van der Waals surface area (Å²) in [5.74, 6) is 4.01. The zero-order chi connectivity index (χ0) is 10.5. The molecule has 0 radical (unpaired) electrons. The molecule has 2 aliphatic carbocycles. The van der Waals surface area contributed by atoms with Crippen LogP contribution in [0.15, 0.2) is 12.2 Å². The molecule has 84 valence electrons. The molecule has 0 aromatic rings. The van der Waals surface area contributed by atoms with Crippen molar-refractivity contribution in [2.45, 2.75) is 26.2 Å². The van der Waals surface area contributed by atoms with Crippen LogP contribution in [0, 0.1) is 23.7 Å². The van der Waals surface area contributed by atoms with E-state index in [1.807, 2.05) is 0 Å². The van der Waals surface area contributed by atoms with Gasteiger partial charge < -0.3 is 4.48 Å². The van der Waals surface area contributed by atoms with Crippen molar-refractivity contribution in [3.8, 4) is 0 Å². The van der Waals surface area contributed by atoms with Crippen LogP contribution in [0.1, 0.15) is 26.2 Å². The highest BCUT2D eigenvalue weighted by Gasteiger charge is 2.54. The number of unbranched alkanes of at least 4 members (excludes halogenated alkanes) is 1. The van der Waals surface area contributed by atoms with Crippen molar-refractivity contribution in [3.05, 3.63) is 12.2 Å². The van der Waals surface area contributed by atoms with Crippen LogP contribution in [0.2, 0.25) is 0 Å². The minimum atomic E-state index is 0.960. The summed E-state index contributed by atoms with van der Waals surface area (Å²) in [6, 6.07) is 0. The number of fused-ring (bicyclic) bond motifs is 5. The molecule has 3 aliphatic rings. The predicted molar refractivity (Wildman–Crippen MR) is 63.4 cm³/mol. The Bertz CT molecular complexity index is 261. The van der Waals surface area contributed by atoms with E-state index in [2.05, 4.69) is 26.1 Å². The van der Waals surface area contributed by atoms with Gasteiger partial charge in [0.25, 0.3) is 0 Å². The maximum absolute atomic E-state index is 2.52. The molecule has 0 amide bonds. The number of likely N-dealkylation sites (tertiary alicyclic amines) is 1. The first-order chi connectivity index (χ1) is 7.22. The molecule has 1 heteroatoms. The summed E-state index contributed by atoms with van der Waals surface area (Å²) < 4.78 is 1.37. The minimum absolute atomic E-state index is 0.960. The lowest BCUT2D eigenvalue weighted by molar-refractivity contribution is -0.901. The molecule has 0 aromatic carbocycles. The third-order valence-corrected chi connectivity index (χ3v) is 5.15. The van der Waals surface area contributed by atoms with Crippen LogP contribution in [-0.2, 0) is 0 Å². The standard InChI is InChI=1S/C14H24N/c1-3-4-7-15(2)9-13-11-5-6-12(8-11)14(13)10-15/h5-6,11-14H,3-4,7-10H2,1-2H3/q+1/t11-,12+,13-,14+,15?. The van der Waals surface area contributed by atoms with Gasteiger partial charge in [0.1, 0.15) is 0 Å². The Morgan fingerprint density at radius 2 is 1.73 bits per heavy atom. The van der Waals surface area contributed by atoms with Crippen LogP contribution in [0.25, 0.3) is 0 Å². The Balaban J connectivity index is 1.70. The van der Waals surface area contributed by atoms with Crippen LogP contribution in [-0.4, -0.2) is 31.2 Å². The summed E-state index contributed by atoms with van der Waals surface area (Å²) in [6.07, 6.45) is 9.29. The van der Waals surface area contributed by atoms with E-state index >= 15 is 0 Å². The molecule has 5 atom stereocenters. The molecule has 1 saturated carbocycles. The highest BCUT2D eigenvalue weighted by atomic mass is 15.4. The lowest BCUT2D eigenvalue weighted by Gasteiger charge is -2.31. The Kier molecular flexibility index (Phi) is 2.21. The highest BCUT2D eigenvalue weighted by Crippen LogP contribution is 2.52. The molecule has 2 fully saturated rings. The SMILES string of the molecule is CCCC[N+]1(C)C[C@@H]2[C@H](C1)[C@@H]1C=C[C@H]2C1. The highest BCUT2D eigenvalue weighted by molar-refractivity contribution is 5.14. The van der Waals surface area contributed by atoms with E-state index in [0.717, 1.165) is 23.7 Å². The molecule has 1 nitrogen and oxygen atoms in total. The van der Waals surface area contributed by atoms with Gasteiger partial charge in [-0.25, -0.2) is 0 Å². The summed E-state index contributed by atoms with van der Waals surface area (Å²) in [5.41, 5.74) is 0. The lowest BCUT2D eigenvalue weighted by atomic mass is 9.86. The smallest absolute Gasteiger partial charge is 0.0824 e. The van der Waals surface area contributed by atoms with Crippen molar-refractivity contribution >= 4 is 0 Å². The second-order valence-corrected chi connectivity index (χ2v) is 6.34. The van der Waals surface area contributed by atoms with Gasteiger partial charge in [0.2, 0.25) is 0 Å². The molecule has 0 N–H and O–H groups in total. The van der Waals surface area contributed by atoms with Gasteiger partial charge in [-0.05, 0) is 24.7 Å². The average molecular weight is 206 g/mol. The van der Waals surface area contributed by atoms with Crippen LogP contribution in [0.5, 0.6) is 0 Å². The van der Waals surface area contributed by atoms with Gasteiger partial charge in [0, 0.05) is 11.8 Å². The fourth-order valence-corrected chi connectivity index (χ4v) is 4.38. The third-order valence-electron chi connectivity index (χ3n) is 5.15. The van der Waals surface area contributed by atoms with Gasteiger partial charge in [0.05, 0.1) is 26.7 Å². The normalized spacial score (nSPS) is 51.3. The van der Waals surface area contributed by atoms with Gasteiger partial charge in [-0.1, -0.05) is 25.5 Å². The van der Waals surface area contributed by atoms with Crippen LogP contribution < -0.4 is 0 Å². The van der Waals surface area contributed by atoms with Crippen molar-refractivity contribution in [3.63, 3.8) is 0 Å². The molecule has 1 heterocycles. The zero-order valence-corrected chi connectivity index (χ0v) is 10.2. The van der Waals surface area contributed by atoms with E-state index < -0.39 is 0 Å². The summed E-state index contributed by atoms with van der Waals surface area (Å²) in [7, 11) is 2.49. The zero-order valence-electron chi connectivity index (χ0n) is 10.2. The number of hydrogen-bond acceptors (Lipinski definition) is 0. The van der Waals surface area contributed by atoms with Gasteiger partial charge in [-0.15, -0.1) is 0 Å². The first-order valence-corrected chi connectivity index (χ1v) is 6.74. The summed E-state index contributed by atoms with van der Waals surface area (Å²) >= 11 is 0. The van der Waals surface area contributed by atoms with Crippen LogP contribution in [0.4, 0.5) is 0 Å². The van der Waals surface area contributed by atoms with E-state index in [4.69, 9.17) is 0 Å². The van der Waals surface area contributed by atoms with Gasteiger partial charge >= 0.3 is 0 Å². The number of quaternary nitrogens is 1. The Morgan fingerprint density at radius 3 is 2.27 bits per heavy atom. The first kappa shape index (κ1) is 9.89. The molecule has 2 bridgehead atoms. The van der Waals surface area contributed by atoms with Crippen molar-refractivity contribution < 1.29 is 4.48 Å². The Morgan fingerprint density at radius 1 is 1.13 bits per heavy atom. The van der Waals surface area contributed by atoms with Crippen molar-refractivity contribution in [1.82, 2.24) is 0 Å². The van der Waals surface area contributed by atoms with E-state index in [0.29, 0.717) is 0 Å². The van der Waals surface area contributed by atoms with E-state index in [9.17, 15) is 0 Å². The molecular weight excluding hydrogens is 182 g/mol. The minimum Gasteiger partial charge on any atom is -0.326 e. The van der Waals surface area contributed by atoms with Crippen molar-refractivity contribution in [2.75, 3.05) is 26.7 Å². The number of rotatable bonds is 3. The van der Waals surface area contributed by atoms with Gasteiger partial charge in [-0.2, -0.15) is 0 Å². The molecule has 3 rings (SSSR count). The number of allylic oxidation sites excluding steroid dienone is 2. The summed E-state index contributed by atoms with van der Waals surface area (Å²) in [5, 5.41) is 0. The van der Waals surface area contributed by atoms with Gasteiger partial charge in [0.15, 0.2) is 0 Å². The molecule has 1 unspecified atom stereocenters. The van der Waals surface area contributed by atoms with E-state index in [1.165, 1.54) is 43.4 Å². The van der Waals surface area contributed by atoms with Crippen LogP contribution >= 0.6 is 0 Å². The lowest BCUT2D eigenvalue weighted by Crippen LogP contribution is -2.43. The van der Waals surface area contributed by atoms with Gasteiger partial charge in [-0.3, -0.25) is 0 Å². The second-order valence-electron chi connectivity index (χ2n) is 6.34. The second kappa shape index (κ2) is 3.35. The van der Waals surface area contributed by atoms with E-state index in [-0.39, 0.29) is 0 Å². The van der Waals surface area contributed by atoms with Crippen molar-refractivity contribution in [2.24, 2.45) is 23.7 Å². The summed E-state index contributed by atoms with van der Waals surface area (Å²) in [6.45, 7) is 6.67. The monoisotopic (exact) mass is 206 g/mol. The molecule has 0 aromatic heterocycles. The molecule has 1 aliphatic heterocycles. The van der Waals surface area contributed by atoms with E-state index in [1.54, 1.807) is 0 Å². The first-order valence-electron chi connectivity index (χ1n) is 6.74. The Labute approximate surface area is 93.7 Å². The maximum atomic E-state index is 2.52. The third kappa shape index (κ3) is 1.47. The number of hydrogen-bond donors (Lipinski definition) is 0. The Hall–Kier alpha value is -0.300. The quantitative estimate of drug-likeness (QED) is 0.492. The van der Waals surface area contributed by atoms with Crippen LogP contribution in [0.3, 0.4) is 0 Å². The predicted octanol–water partition coefficient (Wildman–Crippen LogP) is 2.69.